The molecule has 0 aromatic heterocycles. The van der Waals surface area contributed by atoms with Crippen LogP contribution in [0.2, 0.25) is 0 Å². The van der Waals surface area contributed by atoms with Gasteiger partial charge in [0.15, 0.2) is 0 Å². The van der Waals surface area contributed by atoms with E-state index in [4.69, 9.17) is 0 Å². The van der Waals surface area contributed by atoms with Crippen LogP contribution in [0, 0.1) is 0 Å². The summed E-state index contributed by atoms with van der Waals surface area (Å²) in [5.41, 5.74) is 10.8. The Balaban J connectivity index is 1.85. The second kappa shape index (κ2) is 4.86. The molecule has 0 bridgehead atoms. The number of rotatable bonds is 0. The first-order valence-electron chi connectivity index (χ1n) is 8.87. The lowest BCUT2D eigenvalue weighted by atomic mass is 9.82. The van der Waals surface area contributed by atoms with Crippen LogP contribution in [-0.2, 0) is 5.41 Å². The summed E-state index contributed by atoms with van der Waals surface area (Å²) in [4.78, 5) is 2.32. The second-order valence-corrected chi connectivity index (χ2v) is 7.54. The summed E-state index contributed by atoms with van der Waals surface area (Å²) >= 11 is 0. The van der Waals surface area contributed by atoms with Crippen molar-refractivity contribution >= 4 is 23.5 Å². The lowest BCUT2D eigenvalue weighted by molar-refractivity contribution is 0.660. The van der Waals surface area contributed by atoms with Crippen LogP contribution in [-0.4, -0.2) is 7.05 Å². The van der Waals surface area contributed by atoms with Gasteiger partial charge in [-0.15, -0.1) is 0 Å². The summed E-state index contributed by atoms with van der Waals surface area (Å²) in [6.07, 6.45) is 4.56. The molecular weight excluding hydrogens is 302 g/mol. The predicted octanol–water partition coefficient (Wildman–Crippen LogP) is 6.24. The van der Waals surface area contributed by atoms with Crippen molar-refractivity contribution in [1.82, 2.24) is 0 Å². The molecule has 0 unspecified atom stereocenters. The quantitative estimate of drug-likeness (QED) is 0.473. The number of para-hydroxylation sites is 1. The van der Waals surface area contributed by atoms with Crippen LogP contribution < -0.4 is 4.90 Å². The lowest BCUT2D eigenvalue weighted by Crippen LogP contribution is -2.16. The van der Waals surface area contributed by atoms with Crippen molar-refractivity contribution in [1.29, 1.82) is 0 Å². The summed E-state index contributed by atoms with van der Waals surface area (Å²) in [6, 6.07) is 22.1. The van der Waals surface area contributed by atoms with Gasteiger partial charge in [0.05, 0.1) is 0 Å². The number of hydrogen-bond donors (Lipinski definition) is 0. The first kappa shape index (κ1) is 14.5. The summed E-state index contributed by atoms with van der Waals surface area (Å²) in [7, 11) is 2.17. The highest BCUT2D eigenvalue weighted by molar-refractivity contribution is 5.98. The minimum Gasteiger partial charge on any atom is -0.344 e. The summed E-state index contributed by atoms with van der Waals surface area (Å²) in [6.45, 7) is 4.67. The third-order valence-electron chi connectivity index (χ3n) is 5.85. The molecule has 3 aromatic rings. The smallest absolute Gasteiger partial charge is 0.0488 e. The zero-order valence-electron chi connectivity index (χ0n) is 14.9. The van der Waals surface area contributed by atoms with Gasteiger partial charge in [0.1, 0.15) is 0 Å². The zero-order valence-corrected chi connectivity index (χ0v) is 14.9. The minimum atomic E-state index is 0.0481. The Morgan fingerprint density at radius 1 is 0.720 bits per heavy atom. The third kappa shape index (κ3) is 1.84. The van der Waals surface area contributed by atoms with E-state index in [0.717, 1.165) is 0 Å². The maximum absolute atomic E-state index is 2.34. The van der Waals surface area contributed by atoms with Gasteiger partial charge in [-0.25, -0.2) is 0 Å². The molecular formula is C24H21N. The van der Waals surface area contributed by atoms with E-state index >= 15 is 0 Å². The van der Waals surface area contributed by atoms with Gasteiger partial charge in [0.2, 0.25) is 0 Å². The van der Waals surface area contributed by atoms with Crippen LogP contribution in [0.3, 0.4) is 0 Å². The van der Waals surface area contributed by atoms with Crippen LogP contribution >= 0.6 is 0 Å². The molecule has 0 amide bonds. The highest BCUT2D eigenvalue weighted by Crippen LogP contribution is 2.53. The van der Waals surface area contributed by atoms with Gasteiger partial charge >= 0.3 is 0 Å². The van der Waals surface area contributed by atoms with Gasteiger partial charge in [-0.2, -0.15) is 0 Å². The number of anilines is 2. The second-order valence-electron chi connectivity index (χ2n) is 7.54. The van der Waals surface area contributed by atoms with Crippen LogP contribution in [0.1, 0.15) is 36.1 Å². The molecule has 1 aliphatic carbocycles. The molecule has 1 heterocycles. The molecule has 1 aliphatic heterocycles. The van der Waals surface area contributed by atoms with Crippen molar-refractivity contribution in [3.63, 3.8) is 0 Å². The van der Waals surface area contributed by atoms with Gasteiger partial charge in [-0.1, -0.05) is 74.5 Å². The Morgan fingerprint density at radius 2 is 1.48 bits per heavy atom. The molecule has 0 fully saturated rings. The third-order valence-corrected chi connectivity index (χ3v) is 5.85. The molecule has 0 spiro atoms. The Labute approximate surface area is 149 Å². The first-order chi connectivity index (χ1) is 12.1. The molecule has 0 N–H and O–H groups in total. The van der Waals surface area contributed by atoms with Crippen LogP contribution in [0.4, 0.5) is 11.4 Å². The summed E-state index contributed by atoms with van der Waals surface area (Å²) in [5, 5.41) is 0. The molecule has 25 heavy (non-hydrogen) atoms. The SMILES string of the molecule is CN1c2ccccc2C=Cc2c1ccc1c2-c2ccccc2C1(C)C. The van der Waals surface area contributed by atoms with Gasteiger partial charge < -0.3 is 4.90 Å². The molecule has 0 saturated carbocycles. The van der Waals surface area contributed by atoms with Gasteiger partial charge in [-0.05, 0) is 39.9 Å². The van der Waals surface area contributed by atoms with Crippen LogP contribution in [0.5, 0.6) is 0 Å². The Morgan fingerprint density at radius 3 is 2.36 bits per heavy atom. The van der Waals surface area contributed by atoms with E-state index in [2.05, 4.69) is 98.6 Å². The van der Waals surface area contributed by atoms with Crippen molar-refractivity contribution in [3.8, 4) is 11.1 Å². The fourth-order valence-corrected chi connectivity index (χ4v) is 4.51. The van der Waals surface area contributed by atoms with Gasteiger partial charge in [0, 0.05) is 29.4 Å². The van der Waals surface area contributed by atoms with Crippen molar-refractivity contribution in [3.05, 3.63) is 82.9 Å². The monoisotopic (exact) mass is 323 g/mol. The van der Waals surface area contributed by atoms with E-state index in [9.17, 15) is 0 Å². The van der Waals surface area contributed by atoms with Gasteiger partial charge in [-0.3, -0.25) is 0 Å². The van der Waals surface area contributed by atoms with E-state index in [-0.39, 0.29) is 5.41 Å². The molecule has 0 saturated heterocycles. The van der Waals surface area contributed by atoms with E-state index < -0.39 is 0 Å². The van der Waals surface area contributed by atoms with Crippen molar-refractivity contribution in [2.24, 2.45) is 0 Å². The fraction of sp³-hybridized carbons (Fsp3) is 0.167. The topological polar surface area (TPSA) is 3.24 Å². The number of hydrogen-bond acceptors (Lipinski definition) is 1. The van der Waals surface area contributed by atoms with Gasteiger partial charge in [0.25, 0.3) is 0 Å². The van der Waals surface area contributed by atoms with Crippen LogP contribution in [0.25, 0.3) is 23.3 Å². The predicted molar refractivity (Wildman–Crippen MR) is 107 cm³/mol. The summed E-state index contributed by atoms with van der Waals surface area (Å²) < 4.78 is 0. The van der Waals surface area contributed by atoms with Crippen molar-refractivity contribution in [2.45, 2.75) is 19.3 Å². The zero-order chi connectivity index (χ0) is 17.2. The first-order valence-corrected chi connectivity index (χ1v) is 8.87. The maximum Gasteiger partial charge on any atom is 0.0488 e. The molecule has 2 aliphatic rings. The highest BCUT2D eigenvalue weighted by atomic mass is 15.1. The average Bonchev–Trinajstić information content (AvgIpc) is 2.77. The maximum atomic E-state index is 2.34. The van der Waals surface area contributed by atoms with Crippen molar-refractivity contribution in [2.75, 3.05) is 11.9 Å². The molecule has 5 rings (SSSR count). The Hall–Kier alpha value is -2.80. The van der Waals surface area contributed by atoms with Crippen LogP contribution in [0.15, 0.2) is 60.7 Å². The normalized spacial score (nSPS) is 15.9. The summed E-state index contributed by atoms with van der Waals surface area (Å²) in [5.74, 6) is 0. The number of nitrogens with zero attached hydrogens (tertiary/aromatic N) is 1. The number of benzene rings is 3. The number of fused-ring (bicyclic) bond motifs is 6. The van der Waals surface area contributed by atoms with E-state index in [1.165, 1.54) is 44.8 Å². The fourth-order valence-electron chi connectivity index (χ4n) is 4.51. The highest BCUT2D eigenvalue weighted by Gasteiger charge is 2.37. The van der Waals surface area contributed by atoms with E-state index in [1.54, 1.807) is 0 Å². The Bertz CT molecular complexity index is 1040. The van der Waals surface area contributed by atoms with E-state index in [0.29, 0.717) is 0 Å². The Kier molecular flexibility index (Phi) is 2.82. The molecule has 1 nitrogen and oxygen atoms in total. The lowest BCUT2D eigenvalue weighted by Gasteiger charge is -2.25. The average molecular weight is 323 g/mol. The molecule has 1 heteroatoms. The molecule has 0 atom stereocenters. The standard InChI is InChI=1S/C24H21N/c1-24(2)19-10-6-5-9-17(19)23-18-13-12-16-8-4-7-11-21(16)25(3)22(18)15-14-20(23)24/h4-15H,1-3H3. The minimum absolute atomic E-state index is 0.0481. The molecule has 0 radical (unpaired) electrons. The van der Waals surface area contributed by atoms with Crippen molar-refractivity contribution < 1.29 is 0 Å². The van der Waals surface area contributed by atoms with E-state index in [1.807, 2.05) is 0 Å². The molecule has 3 aromatic carbocycles. The largest absolute Gasteiger partial charge is 0.344 e. The molecule has 122 valence electrons.